The molecule has 0 amide bonds. The van der Waals surface area contributed by atoms with Gasteiger partial charge in [-0.15, -0.1) is 0 Å². The van der Waals surface area contributed by atoms with Gasteiger partial charge in [0, 0.05) is 0 Å². The Kier molecular flexibility index (Phi) is 16.8. The standard InChI is InChI=1S/C9H13.2CH2Cl.Ti/c1-6-5-7(2)9(4)8(6)3;2*1-2;/h5H,1-4H3;2*1H2;/q3*-1;+3. The summed E-state index contributed by atoms with van der Waals surface area (Å²) in [7, 11) is 0. The minimum Gasteiger partial charge on any atom is -0.352 e. The smallest absolute Gasteiger partial charge is 0.352 e. The predicted molar refractivity (Wildman–Crippen MR) is 63.4 cm³/mol. The van der Waals surface area contributed by atoms with Crippen LogP contribution in [-0.4, -0.2) is 0 Å². The fourth-order valence-electron chi connectivity index (χ4n) is 1.13. The Bertz CT molecular complexity index is 207. The first-order valence-electron chi connectivity index (χ1n) is 3.86. The summed E-state index contributed by atoms with van der Waals surface area (Å²) in [6.45, 7) is 8.68. The molecule has 14 heavy (non-hydrogen) atoms. The third-order valence-electron chi connectivity index (χ3n) is 2.18. The molecule has 0 saturated carbocycles. The van der Waals surface area contributed by atoms with Gasteiger partial charge in [0.25, 0.3) is 0 Å². The van der Waals surface area contributed by atoms with Crippen LogP contribution in [-0.2, 0) is 21.7 Å². The van der Waals surface area contributed by atoms with Crippen molar-refractivity contribution in [3.63, 3.8) is 0 Å². The van der Waals surface area contributed by atoms with Crippen LogP contribution in [0.3, 0.4) is 0 Å². The van der Waals surface area contributed by atoms with Crippen molar-refractivity contribution in [2.45, 2.75) is 27.7 Å². The maximum Gasteiger partial charge on any atom is 3.00 e. The topological polar surface area (TPSA) is 0 Å². The quantitative estimate of drug-likeness (QED) is 0.473. The summed E-state index contributed by atoms with van der Waals surface area (Å²) >= 11 is 8.78. The Morgan fingerprint density at radius 1 is 1.07 bits per heavy atom. The average Bonchev–Trinajstić information content (AvgIpc) is 2.40. The molecule has 0 bridgehead atoms. The van der Waals surface area contributed by atoms with Crippen molar-refractivity contribution in [1.82, 2.24) is 0 Å². The normalized spacial score (nSPS) is 7.43. The predicted octanol–water partition coefficient (Wildman–Crippen LogP) is 4.67. The number of hydrogen-bond donors (Lipinski definition) is 0. The molecule has 1 aromatic rings. The van der Waals surface area contributed by atoms with Crippen molar-refractivity contribution < 1.29 is 21.7 Å². The zero-order chi connectivity index (χ0) is 11.0. The molecule has 1 radical (unpaired) electrons. The molecule has 0 nitrogen and oxygen atoms in total. The van der Waals surface area contributed by atoms with Crippen LogP contribution in [0, 0.1) is 40.5 Å². The van der Waals surface area contributed by atoms with Crippen LogP contribution in [0.4, 0.5) is 0 Å². The molecule has 0 heterocycles. The third-order valence-corrected chi connectivity index (χ3v) is 2.18. The molecule has 0 N–H and O–H groups in total. The molecule has 0 aromatic heterocycles. The molecule has 0 unspecified atom stereocenters. The zero-order valence-electron chi connectivity index (χ0n) is 9.25. The Morgan fingerprint density at radius 3 is 1.50 bits per heavy atom. The number of hydrogen-bond acceptors (Lipinski definition) is 0. The van der Waals surface area contributed by atoms with Crippen LogP contribution in [0.15, 0.2) is 6.07 Å². The van der Waals surface area contributed by atoms with Gasteiger partial charge in [-0.3, -0.25) is 12.8 Å². The minimum absolute atomic E-state index is 0. The maximum atomic E-state index is 4.39. The molecule has 0 saturated heterocycles. The van der Waals surface area contributed by atoms with Gasteiger partial charge < -0.3 is 23.2 Å². The second-order valence-electron chi connectivity index (χ2n) is 2.76. The third kappa shape index (κ3) is 6.19. The maximum absolute atomic E-state index is 4.39. The van der Waals surface area contributed by atoms with E-state index < -0.39 is 0 Å². The monoisotopic (exact) mass is 267 g/mol. The fourth-order valence-corrected chi connectivity index (χ4v) is 1.13. The van der Waals surface area contributed by atoms with E-state index in [0.29, 0.717) is 0 Å². The van der Waals surface area contributed by atoms with Crippen molar-refractivity contribution >= 4 is 23.2 Å². The van der Waals surface area contributed by atoms with Gasteiger partial charge in [0.05, 0.1) is 0 Å². The summed E-state index contributed by atoms with van der Waals surface area (Å²) in [4.78, 5) is 0. The number of aryl methyl sites for hydroxylation is 2. The van der Waals surface area contributed by atoms with E-state index in [4.69, 9.17) is 0 Å². The summed E-state index contributed by atoms with van der Waals surface area (Å²) in [6.07, 6.45) is 5.44. The number of rotatable bonds is 0. The first kappa shape index (κ1) is 20.1. The zero-order valence-corrected chi connectivity index (χ0v) is 12.3. The molecule has 1 rings (SSSR count). The second kappa shape index (κ2) is 11.7. The van der Waals surface area contributed by atoms with Gasteiger partial charge in [-0.2, -0.15) is 28.3 Å². The number of halogens is 2. The van der Waals surface area contributed by atoms with Crippen molar-refractivity contribution in [1.29, 1.82) is 0 Å². The van der Waals surface area contributed by atoms with Crippen molar-refractivity contribution in [2.24, 2.45) is 0 Å². The van der Waals surface area contributed by atoms with Crippen molar-refractivity contribution in [3.8, 4) is 0 Å². The van der Waals surface area contributed by atoms with Crippen LogP contribution in [0.5, 0.6) is 0 Å². The van der Waals surface area contributed by atoms with Crippen LogP contribution in [0.2, 0.25) is 0 Å². The Labute approximate surface area is 113 Å². The van der Waals surface area contributed by atoms with E-state index >= 15 is 0 Å². The second-order valence-corrected chi connectivity index (χ2v) is 2.76. The molecular formula is C11H17Cl2Ti. The van der Waals surface area contributed by atoms with Gasteiger partial charge in [-0.05, 0) is 0 Å². The molecule has 0 aliphatic rings. The van der Waals surface area contributed by atoms with E-state index in [1.807, 2.05) is 0 Å². The SMILES string of the molecule is Cc1c[c-](C)c(C)c1C.[CH2-]Cl.[CH2-]Cl.[Ti+3]. The van der Waals surface area contributed by atoms with E-state index in [9.17, 15) is 0 Å². The Morgan fingerprint density at radius 2 is 1.43 bits per heavy atom. The molecule has 1 aromatic carbocycles. The molecule has 0 fully saturated rings. The van der Waals surface area contributed by atoms with Crippen molar-refractivity contribution in [2.75, 3.05) is 0 Å². The van der Waals surface area contributed by atoms with E-state index in [0.717, 1.165) is 0 Å². The molecule has 0 atom stereocenters. The fraction of sp³-hybridized carbons (Fsp3) is 0.364. The summed E-state index contributed by atoms with van der Waals surface area (Å²) in [6, 6.07) is 2.24. The first-order chi connectivity index (χ1) is 6.13. The molecule has 79 valence electrons. The molecule has 0 aliphatic heterocycles. The van der Waals surface area contributed by atoms with Gasteiger partial charge in [0.2, 0.25) is 0 Å². The van der Waals surface area contributed by atoms with Crippen LogP contribution in [0.1, 0.15) is 22.3 Å². The van der Waals surface area contributed by atoms with E-state index in [2.05, 4.69) is 69.7 Å². The molecule has 0 aliphatic carbocycles. The minimum atomic E-state index is 0. The van der Waals surface area contributed by atoms with Gasteiger partial charge in [-0.25, -0.2) is 0 Å². The van der Waals surface area contributed by atoms with Gasteiger partial charge in [0.15, 0.2) is 0 Å². The summed E-state index contributed by atoms with van der Waals surface area (Å²) in [5, 5.41) is 0. The van der Waals surface area contributed by atoms with E-state index in [1.165, 1.54) is 22.3 Å². The first-order valence-corrected chi connectivity index (χ1v) is 4.93. The van der Waals surface area contributed by atoms with Crippen LogP contribution in [0.25, 0.3) is 0 Å². The molecule has 0 spiro atoms. The van der Waals surface area contributed by atoms with Crippen molar-refractivity contribution in [3.05, 3.63) is 41.1 Å². The molecule has 3 heteroatoms. The van der Waals surface area contributed by atoms with Gasteiger partial charge in [0.1, 0.15) is 0 Å². The molecular weight excluding hydrogens is 251 g/mol. The van der Waals surface area contributed by atoms with Crippen LogP contribution < -0.4 is 0 Å². The Hall–Kier alpha value is 0.644. The van der Waals surface area contributed by atoms with Gasteiger partial charge >= 0.3 is 21.7 Å². The summed E-state index contributed by atoms with van der Waals surface area (Å²) in [5.74, 6) is 0. The van der Waals surface area contributed by atoms with E-state index in [1.54, 1.807) is 0 Å². The van der Waals surface area contributed by atoms with E-state index in [-0.39, 0.29) is 21.7 Å². The summed E-state index contributed by atoms with van der Waals surface area (Å²) in [5.41, 5.74) is 5.75. The summed E-state index contributed by atoms with van der Waals surface area (Å²) < 4.78 is 0. The van der Waals surface area contributed by atoms with Crippen LogP contribution >= 0.6 is 23.2 Å². The van der Waals surface area contributed by atoms with Gasteiger partial charge in [-0.1, -0.05) is 27.7 Å². The average molecular weight is 268 g/mol. The largest absolute Gasteiger partial charge is 3.00 e. The Balaban J connectivity index is -0.000000216.